The minimum atomic E-state index is -1.32. The molecule has 2 fully saturated rings. The van der Waals surface area contributed by atoms with Crippen molar-refractivity contribution in [1.82, 2.24) is 0 Å². The molecule has 156 valence electrons. The molecule has 0 aliphatic heterocycles. The van der Waals surface area contributed by atoms with Crippen molar-refractivity contribution >= 4 is 13.8 Å². The van der Waals surface area contributed by atoms with Crippen LogP contribution < -0.4 is 0 Å². The maximum atomic E-state index is 4.89. The number of rotatable bonds is 8. The second-order valence-electron chi connectivity index (χ2n) is 8.03. The topological polar surface area (TPSA) is 14.1 Å². The second-order valence-corrected chi connectivity index (χ2v) is 13.4. The SMILES string of the molecule is CCCCC[C-]=CC([N-]c1ccccc1)[Si](C)(C)C.[CH]1[CH][CH][CH][CH]1.[CH]1[CH][CH][CH][CH]1.[Zr+4]. The summed E-state index contributed by atoms with van der Waals surface area (Å²) in [6.45, 7) is 9.34. The van der Waals surface area contributed by atoms with Crippen LogP contribution in [0.15, 0.2) is 36.4 Å². The van der Waals surface area contributed by atoms with Crippen LogP contribution in [-0.4, -0.2) is 13.7 Å². The zero-order valence-corrected chi connectivity index (χ0v) is 22.5. The first kappa shape index (κ1) is 29.9. The van der Waals surface area contributed by atoms with Crippen LogP contribution in [0.3, 0.4) is 0 Å². The molecule has 2 aliphatic carbocycles. The Hall–Kier alpha value is -0.140. The minimum Gasteiger partial charge on any atom is -0.683 e. The second kappa shape index (κ2) is 19.5. The standard InChI is InChI=1S/C17H27NSi.2C5H5.Zr/c1-5-6-7-8-12-15-17(19(2,3)4)18-16-13-10-9-11-14-16;2*1-2-4-5-3-1;/h9-11,13-15,17H,5-8H2,1-4H3;2*1-5H;/q-2;;;+4. The van der Waals surface area contributed by atoms with E-state index in [9.17, 15) is 0 Å². The molecule has 1 nitrogen and oxygen atoms in total. The van der Waals surface area contributed by atoms with Crippen molar-refractivity contribution in [3.8, 4) is 0 Å². The molecule has 30 heavy (non-hydrogen) atoms. The molecule has 0 spiro atoms. The zero-order chi connectivity index (χ0) is 21.2. The van der Waals surface area contributed by atoms with Crippen molar-refractivity contribution in [2.75, 3.05) is 0 Å². The quantitative estimate of drug-likeness (QED) is 0.198. The Balaban J connectivity index is 0.000000617. The monoisotopic (exact) mass is 493 g/mol. The Kier molecular flexibility index (Phi) is 19.4. The van der Waals surface area contributed by atoms with E-state index in [2.05, 4.69) is 63.0 Å². The molecule has 2 saturated carbocycles. The van der Waals surface area contributed by atoms with Crippen molar-refractivity contribution < 1.29 is 26.2 Å². The largest absolute Gasteiger partial charge is 4.00 e. The summed E-state index contributed by atoms with van der Waals surface area (Å²) in [5, 5.41) is 4.89. The third-order valence-electron chi connectivity index (χ3n) is 4.24. The summed E-state index contributed by atoms with van der Waals surface area (Å²) in [4.78, 5) is 0. The molecule has 1 aromatic rings. The van der Waals surface area contributed by atoms with Crippen LogP contribution in [0.1, 0.15) is 32.6 Å². The molecule has 1 atom stereocenters. The van der Waals surface area contributed by atoms with Gasteiger partial charge in [0, 0.05) is 8.07 Å². The Labute approximate surface area is 209 Å². The van der Waals surface area contributed by atoms with E-state index in [4.69, 9.17) is 5.32 Å². The van der Waals surface area contributed by atoms with Crippen LogP contribution in [0.5, 0.6) is 0 Å². The average Bonchev–Trinajstić information content (AvgIpc) is 3.46. The van der Waals surface area contributed by atoms with Crippen LogP contribution in [0.2, 0.25) is 19.6 Å². The van der Waals surface area contributed by atoms with Crippen LogP contribution in [0, 0.1) is 70.3 Å². The summed E-state index contributed by atoms with van der Waals surface area (Å²) in [6, 6.07) is 10.3. The van der Waals surface area contributed by atoms with Crippen molar-refractivity contribution in [1.29, 1.82) is 0 Å². The molecular formula is C27H37NSiZr+2. The number of benzene rings is 1. The van der Waals surface area contributed by atoms with E-state index in [-0.39, 0.29) is 26.2 Å². The van der Waals surface area contributed by atoms with Crippen molar-refractivity contribution in [2.45, 2.75) is 57.9 Å². The average molecular weight is 495 g/mol. The molecule has 0 aromatic heterocycles. The fourth-order valence-corrected chi connectivity index (χ4v) is 3.62. The predicted octanol–water partition coefficient (Wildman–Crippen LogP) is 7.92. The van der Waals surface area contributed by atoms with Crippen LogP contribution >= 0.6 is 0 Å². The fourth-order valence-electron chi connectivity index (χ4n) is 2.47. The zero-order valence-electron chi connectivity index (χ0n) is 19.1. The van der Waals surface area contributed by atoms with Gasteiger partial charge in [0.05, 0.1) is 0 Å². The smallest absolute Gasteiger partial charge is 0.683 e. The molecule has 0 saturated heterocycles. The summed E-state index contributed by atoms with van der Waals surface area (Å²) in [7, 11) is -1.32. The molecule has 0 heterocycles. The summed E-state index contributed by atoms with van der Waals surface area (Å²) in [5.74, 6) is 0. The van der Waals surface area contributed by atoms with Gasteiger partial charge in [0.1, 0.15) is 0 Å². The minimum absolute atomic E-state index is 0. The number of nitrogens with zero attached hydrogens (tertiary/aromatic N) is 1. The van der Waals surface area contributed by atoms with Crippen LogP contribution in [-0.2, 0) is 26.2 Å². The van der Waals surface area contributed by atoms with E-state index in [0.29, 0.717) is 5.67 Å². The molecule has 0 amide bonds. The van der Waals surface area contributed by atoms with Gasteiger partial charge in [-0.2, -0.15) is 6.42 Å². The molecule has 3 rings (SSSR count). The van der Waals surface area contributed by atoms with E-state index >= 15 is 0 Å². The van der Waals surface area contributed by atoms with E-state index in [0.717, 1.165) is 12.1 Å². The Morgan fingerprint density at radius 1 is 0.800 bits per heavy atom. The number of unbranched alkanes of at least 4 members (excludes halogenated alkanes) is 3. The number of para-hydroxylation sites is 1. The molecular weight excluding hydrogens is 458 g/mol. The van der Waals surface area contributed by atoms with Gasteiger partial charge in [-0.05, 0) is 64.2 Å². The Bertz CT molecular complexity index is 476. The summed E-state index contributed by atoms with van der Waals surface area (Å²) >= 11 is 0. The van der Waals surface area contributed by atoms with Crippen molar-refractivity contribution in [2.24, 2.45) is 0 Å². The number of allylic oxidation sites excluding steroid dienone is 1. The summed E-state index contributed by atoms with van der Waals surface area (Å²) in [6.07, 6.45) is 30.6. The third-order valence-corrected chi connectivity index (χ3v) is 6.31. The van der Waals surface area contributed by atoms with Gasteiger partial charge in [-0.25, -0.2) is 0 Å². The van der Waals surface area contributed by atoms with E-state index in [1.165, 1.54) is 19.3 Å². The number of hydrogen-bond donors (Lipinski definition) is 0. The van der Waals surface area contributed by atoms with E-state index < -0.39 is 8.07 Å². The first-order valence-corrected chi connectivity index (χ1v) is 14.3. The Morgan fingerprint density at radius 3 is 1.67 bits per heavy atom. The van der Waals surface area contributed by atoms with E-state index in [1.54, 1.807) is 0 Å². The number of hydrogen-bond acceptors (Lipinski definition) is 0. The first-order valence-electron chi connectivity index (χ1n) is 10.7. The molecule has 10 radical (unpaired) electrons. The van der Waals surface area contributed by atoms with Crippen molar-refractivity contribution in [3.05, 3.63) is 112 Å². The Morgan fingerprint density at radius 2 is 1.27 bits per heavy atom. The molecule has 1 aromatic carbocycles. The third kappa shape index (κ3) is 16.5. The first-order chi connectivity index (χ1) is 14.0. The van der Waals surface area contributed by atoms with E-state index in [1.807, 2.05) is 70.3 Å². The maximum absolute atomic E-state index is 4.89. The summed E-state index contributed by atoms with van der Waals surface area (Å²) < 4.78 is 0. The molecule has 3 heteroatoms. The molecule has 1 unspecified atom stereocenters. The summed E-state index contributed by atoms with van der Waals surface area (Å²) in [5.41, 5.74) is 1.41. The van der Waals surface area contributed by atoms with Crippen molar-refractivity contribution in [3.63, 3.8) is 0 Å². The van der Waals surface area contributed by atoms with Gasteiger partial charge in [0.15, 0.2) is 0 Å². The molecule has 0 N–H and O–H groups in total. The maximum Gasteiger partial charge on any atom is 4.00 e. The molecule has 2 aliphatic rings. The van der Waals surface area contributed by atoms with Crippen LogP contribution in [0.25, 0.3) is 5.32 Å². The van der Waals surface area contributed by atoms with Gasteiger partial charge in [-0.3, -0.25) is 6.08 Å². The van der Waals surface area contributed by atoms with Gasteiger partial charge < -0.3 is 11.4 Å². The normalized spacial score (nSPS) is 16.7. The van der Waals surface area contributed by atoms with Gasteiger partial charge in [-0.15, -0.1) is 11.4 Å². The van der Waals surface area contributed by atoms with Gasteiger partial charge in [0.25, 0.3) is 0 Å². The van der Waals surface area contributed by atoms with Gasteiger partial charge in [0.2, 0.25) is 0 Å². The van der Waals surface area contributed by atoms with Gasteiger partial charge >= 0.3 is 26.2 Å². The van der Waals surface area contributed by atoms with Gasteiger partial charge in [-0.1, -0.05) is 76.2 Å². The fraction of sp³-hybridized carbons (Fsp3) is 0.333. The molecule has 0 bridgehead atoms. The predicted molar refractivity (Wildman–Crippen MR) is 132 cm³/mol. The van der Waals surface area contributed by atoms with Crippen LogP contribution in [0.4, 0.5) is 5.69 Å².